The lowest BCUT2D eigenvalue weighted by Crippen LogP contribution is -2.18. The van der Waals surface area contributed by atoms with Crippen molar-refractivity contribution in [1.29, 1.82) is 0 Å². The second kappa shape index (κ2) is 6.23. The Labute approximate surface area is 119 Å². The minimum Gasteiger partial charge on any atom is -0.497 e. The van der Waals surface area contributed by atoms with Crippen molar-refractivity contribution in [2.45, 2.75) is 13.5 Å². The van der Waals surface area contributed by atoms with Gasteiger partial charge in [-0.05, 0) is 24.6 Å². The van der Waals surface area contributed by atoms with Gasteiger partial charge in [0.1, 0.15) is 23.2 Å². The summed E-state index contributed by atoms with van der Waals surface area (Å²) in [5.41, 5.74) is 1.20. The van der Waals surface area contributed by atoms with Crippen LogP contribution in [0.3, 0.4) is 0 Å². The molecule has 5 nitrogen and oxygen atoms in total. The molecule has 0 aliphatic heterocycles. The van der Waals surface area contributed by atoms with Gasteiger partial charge in [0, 0.05) is 26.7 Å². The van der Waals surface area contributed by atoms with Crippen LogP contribution in [-0.4, -0.2) is 31.2 Å². The molecule has 0 fully saturated rings. The molecule has 106 valence electrons. The van der Waals surface area contributed by atoms with Gasteiger partial charge in [0.05, 0.1) is 7.11 Å². The van der Waals surface area contributed by atoms with E-state index in [1.807, 2.05) is 39.2 Å². The Hall–Kier alpha value is -2.30. The lowest BCUT2D eigenvalue weighted by atomic mass is 10.2. The first kappa shape index (κ1) is 14.1. The van der Waals surface area contributed by atoms with Crippen LogP contribution in [0.4, 0.5) is 11.6 Å². The molecule has 5 heteroatoms. The molecule has 0 radical (unpaired) electrons. The molecule has 0 unspecified atom stereocenters. The van der Waals surface area contributed by atoms with Crippen LogP contribution in [-0.2, 0) is 6.54 Å². The van der Waals surface area contributed by atoms with Gasteiger partial charge in [-0.2, -0.15) is 0 Å². The number of aryl methyl sites for hydroxylation is 1. The number of hydrogen-bond donors (Lipinski definition) is 1. The topological polar surface area (TPSA) is 50.3 Å². The maximum Gasteiger partial charge on any atom is 0.134 e. The number of rotatable bonds is 5. The summed E-state index contributed by atoms with van der Waals surface area (Å²) in [6.07, 6.45) is 0. The number of nitrogens with zero attached hydrogens (tertiary/aromatic N) is 3. The van der Waals surface area contributed by atoms with E-state index in [0.717, 1.165) is 29.8 Å². The average molecular weight is 272 g/mol. The van der Waals surface area contributed by atoms with Gasteiger partial charge in [-0.25, -0.2) is 9.97 Å². The fourth-order valence-corrected chi connectivity index (χ4v) is 1.96. The van der Waals surface area contributed by atoms with Gasteiger partial charge < -0.3 is 15.0 Å². The molecule has 20 heavy (non-hydrogen) atoms. The Kier molecular flexibility index (Phi) is 4.40. The molecule has 2 aromatic rings. The van der Waals surface area contributed by atoms with Gasteiger partial charge in [0.2, 0.25) is 0 Å². The van der Waals surface area contributed by atoms with Crippen molar-refractivity contribution in [3.05, 3.63) is 41.7 Å². The van der Waals surface area contributed by atoms with Gasteiger partial charge >= 0.3 is 0 Å². The molecule has 0 saturated heterocycles. The van der Waals surface area contributed by atoms with Crippen molar-refractivity contribution in [3.8, 4) is 5.75 Å². The van der Waals surface area contributed by atoms with Crippen LogP contribution in [0, 0.1) is 6.92 Å². The highest BCUT2D eigenvalue weighted by Gasteiger charge is 2.07. The molecular weight excluding hydrogens is 252 g/mol. The van der Waals surface area contributed by atoms with Crippen LogP contribution in [0.2, 0.25) is 0 Å². The molecule has 0 atom stereocenters. The third-order valence-corrected chi connectivity index (χ3v) is 3.05. The SMILES string of the molecule is CNc1cc(N(C)Cc2ccc(OC)cc2)nc(C)n1. The third kappa shape index (κ3) is 3.38. The number of hydrogen-bond acceptors (Lipinski definition) is 5. The Morgan fingerprint density at radius 1 is 1.20 bits per heavy atom. The summed E-state index contributed by atoms with van der Waals surface area (Å²) in [5, 5.41) is 3.05. The van der Waals surface area contributed by atoms with E-state index in [4.69, 9.17) is 4.74 Å². The molecule has 0 aliphatic carbocycles. The number of aromatic nitrogens is 2. The summed E-state index contributed by atoms with van der Waals surface area (Å²) < 4.78 is 5.16. The summed E-state index contributed by atoms with van der Waals surface area (Å²) in [4.78, 5) is 10.9. The van der Waals surface area contributed by atoms with Crippen LogP contribution < -0.4 is 15.0 Å². The average Bonchev–Trinajstić information content (AvgIpc) is 2.47. The molecule has 1 N–H and O–H groups in total. The maximum absolute atomic E-state index is 5.16. The monoisotopic (exact) mass is 272 g/mol. The van der Waals surface area contributed by atoms with E-state index in [1.165, 1.54) is 5.56 Å². The summed E-state index contributed by atoms with van der Waals surface area (Å²) in [6, 6.07) is 9.99. The molecule has 0 spiro atoms. The Bertz CT molecular complexity index is 569. The molecule has 0 bridgehead atoms. The summed E-state index contributed by atoms with van der Waals surface area (Å²) in [5.74, 6) is 3.35. The van der Waals surface area contributed by atoms with E-state index in [0.29, 0.717) is 0 Å². The van der Waals surface area contributed by atoms with Gasteiger partial charge in [0.25, 0.3) is 0 Å². The number of ether oxygens (including phenoxy) is 1. The van der Waals surface area contributed by atoms with Gasteiger partial charge in [-0.1, -0.05) is 12.1 Å². The van der Waals surface area contributed by atoms with Gasteiger partial charge in [-0.3, -0.25) is 0 Å². The van der Waals surface area contributed by atoms with E-state index in [1.54, 1.807) is 7.11 Å². The van der Waals surface area contributed by atoms with Crippen molar-refractivity contribution in [2.75, 3.05) is 31.4 Å². The van der Waals surface area contributed by atoms with E-state index >= 15 is 0 Å². The molecule has 1 aromatic carbocycles. The predicted molar refractivity (Wildman–Crippen MR) is 81.4 cm³/mol. The van der Waals surface area contributed by atoms with Crippen molar-refractivity contribution in [2.24, 2.45) is 0 Å². The Morgan fingerprint density at radius 2 is 1.90 bits per heavy atom. The molecule has 0 amide bonds. The molecule has 0 aliphatic rings. The van der Waals surface area contributed by atoms with Gasteiger partial charge in [-0.15, -0.1) is 0 Å². The normalized spacial score (nSPS) is 10.2. The summed E-state index contributed by atoms with van der Waals surface area (Å²) in [6.45, 7) is 2.68. The standard InChI is InChI=1S/C15H20N4O/c1-11-17-14(16-2)9-15(18-11)19(3)10-12-5-7-13(20-4)8-6-12/h5-9H,10H2,1-4H3,(H,16,17,18). The number of methoxy groups -OCH3 is 1. The van der Waals surface area contributed by atoms with Crippen molar-refractivity contribution in [3.63, 3.8) is 0 Å². The highest BCUT2D eigenvalue weighted by molar-refractivity contribution is 5.49. The van der Waals surface area contributed by atoms with Crippen LogP contribution in [0.25, 0.3) is 0 Å². The first-order valence-electron chi connectivity index (χ1n) is 6.50. The first-order valence-corrected chi connectivity index (χ1v) is 6.50. The van der Waals surface area contributed by atoms with Gasteiger partial charge in [0.15, 0.2) is 0 Å². The fraction of sp³-hybridized carbons (Fsp3) is 0.333. The number of benzene rings is 1. The minimum atomic E-state index is 0.758. The van der Waals surface area contributed by atoms with E-state index in [2.05, 4.69) is 32.3 Å². The first-order chi connectivity index (χ1) is 9.62. The number of nitrogens with one attached hydrogen (secondary N) is 1. The second-order valence-corrected chi connectivity index (χ2v) is 4.61. The quantitative estimate of drug-likeness (QED) is 0.906. The van der Waals surface area contributed by atoms with Crippen LogP contribution >= 0.6 is 0 Å². The summed E-state index contributed by atoms with van der Waals surface area (Å²) >= 11 is 0. The Morgan fingerprint density at radius 3 is 2.50 bits per heavy atom. The zero-order valence-electron chi connectivity index (χ0n) is 12.3. The van der Waals surface area contributed by atoms with E-state index < -0.39 is 0 Å². The molecular formula is C15H20N4O. The zero-order chi connectivity index (χ0) is 14.5. The molecule has 0 saturated carbocycles. The van der Waals surface area contributed by atoms with Crippen molar-refractivity contribution in [1.82, 2.24) is 9.97 Å². The molecule has 1 aromatic heterocycles. The van der Waals surface area contributed by atoms with Crippen molar-refractivity contribution >= 4 is 11.6 Å². The smallest absolute Gasteiger partial charge is 0.134 e. The zero-order valence-corrected chi connectivity index (χ0v) is 12.3. The Balaban J connectivity index is 2.14. The lowest BCUT2D eigenvalue weighted by molar-refractivity contribution is 0.414. The maximum atomic E-state index is 5.16. The largest absolute Gasteiger partial charge is 0.497 e. The van der Waals surface area contributed by atoms with Crippen LogP contribution in [0.1, 0.15) is 11.4 Å². The van der Waals surface area contributed by atoms with Crippen LogP contribution in [0.15, 0.2) is 30.3 Å². The van der Waals surface area contributed by atoms with Crippen LogP contribution in [0.5, 0.6) is 5.75 Å². The van der Waals surface area contributed by atoms with E-state index in [9.17, 15) is 0 Å². The van der Waals surface area contributed by atoms with Crippen molar-refractivity contribution < 1.29 is 4.74 Å². The lowest BCUT2D eigenvalue weighted by Gasteiger charge is -2.19. The fourth-order valence-electron chi connectivity index (χ4n) is 1.96. The predicted octanol–water partition coefficient (Wildman–Crippen LogP) is 2.47. The highest BCUT2D eigenvalue weighted by atomic mass is 16.5. The van der Waals surface area contributed by atoms with E-state index in [-0.39, 0.29) is 0 Å². The number of anilines is 2. The molecule has 2 rings (SSSR count). The second-order valence-electron chi connectivity index (χ2n) is 4.61. The highest BCUT2D eigenvalue weighted by Crippen LogP contribution is 2.18. The third-order valence-electron chi connectivity index (χ3n) is 3.05. The molecule has 1 heterocycles. The minimum absolute atomic E-state index is 0.758. The summed E-state index contributed by atoms with van der Waals surface area (Å²) in [7, 11) is 5.55.